The lowest BCUT2D eigenvalue weighted by Gasteiger charge is -1.97. The van der Waals surface area contributed by atoms with Crippen molar-refractivity contribution in [2.24, 2.45) is 0 Å². The van der Waals surface area contributed by atoms with E-state index in [1.807, 2.05) is 0 Å². The van der Waals surface area contributed by atoms with Crippen molar-refractivity contribution in [3.05, 3.63) is 12.7 Å². The van der Waals surface area contributed by atoms with Crippen LogP contribution in [0.5, 0.6) is 0 Å². The molecule has 0 radical (unpaired) electrons. The maximum absolute atomic E-state index is 4.16. The molecule has 2 rings (SSSR count). The van der Waals surface area contributed by atoms with Crippen LogP contribution in [0.4, 0.5) is 0 Å². The summed E-state index contributed by atoms with van der Waals surface area (Å²) in [5.41, 5.74) is 1.63. The number of rotatable bonds is 3. The quantitative estimate of drug-likeness (QED) is 0.458. The summed E-state index contributed by atoms with van der Waals surface area (Å²) in [6, 6.07) is 0. The number of nitrogens with zero attached hydrogens (tertiary/aromatic N) is 3. The Balaban J connectivity index is 2.37. The summed E-state index contributed by atoms with van der Waals surface area (Å²) in [6.45, 7) is 0. The fourth-order valence-electron chi connectivity index (χ4n) is 0.995. The van der Waals surface area contributed by atoms with Gasteiger partial charge in [-0.2, -0.15) is 12.6 Å². The average molecular weight is 212 g/mol. The average Bonchev–Trinajstić information content (AvgIpc) is 2.62. The number of imidazole rings is 1. The second-order valence-electron chi connectivity index (χ2n) is 2.35. The predicted octanol–water partition coefficient (Wildman–Crippen LogP) is 1.37. The van der Waals surface area contributed by atoms with Crippen LogP contribution >= 0.6 is 24.4 Å². The van der Waals surface area contributed by atoms with Gasteiger partial charge in [-0.3, -0.25) is 0 Å². The standard InChI is InChI=1S/C7H8N4S2/c12-1-2-13-7-5-6(9-3-8-5)10-4-11-7/h3-4,12H,1-2H2,(H,8,9,10,11). The summed E-state index contributed by atoms with van der Waals surface area (Å²) in [5, 5.41) is 0.941. The number of H-pyrrole nitrogens is 1. The van der Waals surface area contributed by atoms with Crippen molar-refractivity contribution in [2.45, 2.75) is 5.03 Å². The molecule has 2 heterocycles. The van der Waals surface area contributed by atoms with Gasteiger partial charge in [-0.1, -0.05) is 0 Å². The highest BCUT2D eigenvalue weighted by atomic mass is 32.2. The number of hydrogen-bond donors (Lipinski definition) is 2. The van der Waals surface area contributed by atoms with Crippen LogP contribution in [0.25, 0.3) is 11.2 Å². The topological polar surface area (TPSA) is 54.5 Å². The van der Waals surface area contributed by atoms with Crippen LogP contribution in [0.2, 0.25) is 0 Å². The highest BCUT2D eigenvalue weighted by molar-refractivity contribution is 8.00. The molecular weight excluding hydrogens is 204 g/mol. The Kier molecular flexibility index (Phi) is 2.70. The molecule has 2 aromatic heterocycles. The van der Waals surface area contributed by atoms with Crippen molar-refractivity contribution in [3.8, 4) is 0 Å². The van der Waals surface area contributed by atoms with Gasteiger partial charge in [-0.25, -0.2) is 15.0 Å². The third-order valence-corrected chi connectivity index (χ3v) is 3.04. The normalized spacial score (nSPS) is 10.8. The minimum atomic E-state index is 0.719. The Labute approximate surface area is 85.0 Å². The second-order valence-corrected chi connectivity index (χ2v) is 3.88. The zero-order valence-electron chi connectivity index (χ0n) is 6.77. The van der Waals surface area contributed by atoms with E-state index in [2.05, 4.69) is 32.6 Å². The van der Waals surface area contributed by atoms with Crippen LogP contribution in [0.1, 0.15) is 0 Å². The molecule has 0 aromatic carbocycles. The molecule has 0 fully saturated rings. The van der Waals surface area contributed by atoms with Gasteiger partial charge in [0.25, 0.3) is 0 Å². The smallest absolute Gasteiger partial charge is 0.181 e. The van der Waals surface area contributed by atoms with Gasteiger partial charge in [0.05, 0.1) is 6.33 Å². The van der Waals surface area contributed by atoms with Gasteiger partial charge in [-0.05, 0) is 5.75 Å². The largest absolute Gasteiger partial charge is 0.341 e. The molecule has 0 amide bonds. The Morgan fingerprint density at radius 3 is 3.15 bits per heavy atom. The van der Waals surface area contributed by atoms with Gasteiger partial charge in [0.2, 0.25) is 0 Å². The second kappa shape index (κ2) is 3.97. The van der Waals surface area contributed by atoms with Gasteiger partial charge in [0.1, 0.15) is 16.9 Å². The number of thiol groups is 1. The summed E-state index contributed by atoms with van der Waals surface area (Å²) in [5.74, 6) is 1.78. The molecule has 0 aliphatic rings. The van der Waals surface area contributed by atoms with Crippen molar-refractivity contribution in [3.63, 3.8) is 0 Å². The van der Waals surface area contributed by atoms with Gasteiger partial charge < -0.3 is 4.98 Å². The Bertz CT molecular complexity index is 400. The fourth-order valence-corrected chi connectivity index (χ4v) is 1.97. The first-order valence-electron chi connectivity index (χ1n) is 3.79. The van der Waals surface area contributed by atoms with Crippen LogP contribution in [-0.4, -0.2) is 31.4 Å². The van der Waals surface area contributed by atoms with Crippen LogP contribution in [0, 0.1) is 0 Å². The van der Waals surface area contributed by atoms with E-state index in [1.54, 1.807) is 18.1 Å². The molecule has 0 aliphatic heterocycles. The number of aromatic amines is 1. The van der Waals surface area contributed by atoms with Gasteiger partial charge in [-0.15, -0.1) is 11.8 Å². The van der Waals surface area contributed by atoms with Crippen molar-refractivity contribution in [1.29, 1.82) is 0 Å². The molecule has 2 aromatic rings. The molecule has 0 saturated heterocycles. The minimum absolute atomic E-state index is 0.719. The number of fused-ring (bicyclic) bond motifs is 1. The van der Waals surface area contributed by atoms with Gasteiger partial charge in [0, 0.05) is 5.75 Å². The summed E-state index contributed by atoms with van der Waals surface area (Å²) in [7, 11) is 0. The van der Waals surface area contributed by atoms with E-state index in [1.165, 1.54) is 6.33 Å². The van der Waals surface area contributed by atoms with E-state index in [9.17, 15) is 0 Å². The van der Waals surface area contributed by atoms with Crippen molar-refractivity contribution < 1.29 is 0 Å². The van der Waals surface area contributed by atoms with E-state index < -0.39 is 0 Å². The maximum Gasteiger partial charge on any atom is 0.181 e. The summed E-state index contributed by atoms with van der Waals surface area (Å²) in [4.78, 5) is 15.3. The molecule has 6 heteroatoms. The molecule has 0 aliphatic carbocycles. The maximum atomic E-state index is 4.16. The third-order valence-electron chi connectivity index (χ3n) is 1.52. The zero-order chi connectivity index (χ0) is 9.10. The highest BCUT2D eigenvalue weighted by Gasteiger charge is 2.04. The van der Waals surface area contributed by atoms with Gasteiger partial charge in [0.15, 0.2) is 5.65 Å². The van der Waals surface area contributed by atoms with Crippen LogP contribution in [0.3, 0.4) is 0 Å². The lowest BCUT2D eigenvalue weighted by atomic mass is 10.6. The predicted molar refractivity (Wildman–Crippen MR) is 56.3 cm³/mol. The molecule has 0 atom stereocenters. The monoisotopic (exact) mass is 212 g/mol. The summed E-state index contributed by atoms with van der Waals surface area (Å²) >= 11 is 5.80. The lowest BCUT2D eigenvalue weighted by Crippen LogP contribution is -1.87. The molecule has 1 N–H and O–H groups in total. The van der Waals surface area contributed by atoms with E-state index >= 15 is 0 Å². The fraction of sp³-hybridized carbons (Fsp3) is 0.286. The van der Waals surface area contributed by atoms with Crippen molar-refractivity contribution >= 4 is 35.6 Å². The SMILES string of the molecule is SCCSc1ncnc2nc[nH]c12. The minimum Gasteiger partial charge on any atom is -0.341 e. The lowest BCUT2D eigenvalue weighted by molar-refractivity contribution is 1.09. The number of hydrogen-bond acceptors (Lipinski definition) is 5. The molecular formula is C7H8N4S2. The molecule has 68 valence electrons. The van der Waals surface area contributed by atoms with Crippen molar-refractivity contribution in [1.82, 2.24) is 19.9 Å². The first kappa shape index (κ1) is 8.83. The number of nitrogens with one attached hydrogen (secondary N) is 1. The third kappa shape index (κ3) is 1.78. The van der Waals surface area contributed by atoms with Crippen LogP contribution in [-0.2, 0) is 0 Å². The van der Waals surface area contributed by atoms with E-state index in [4.69, 9.17) is 0 Å². The van der Waals surface area contributed by atoms with E-state index in [0.29, 0.717) is 0 Å². The molecule has 0 saturated carbocycles. The highest BCUT2D eigenvalue weighted by Crippen LogP contribution is 2.21. The number of aromatic nitrogens is 4. The molecule has 0 unspecified atom stereocenters. The number of thioether (sulfide) groups is 1. The van der Waals surface area contributed by atoms with Crippen LogP contribution < -0.4 is 0 Å². The Morgan fingerprint density at radius 2 is 2.31 bits per heavy atom. The Hall–Kier alpha value is -0.750. The van der Waals surface area contributed by atoms with Crippen molar-refractivity contribution in [2.75, 3.05) is 11.5 Å². The Morgan fingerprint density at radius 1 is 1.38 bits per heavy atom. The van der Waals surface area contributed by atoms with E-state index in [0.717, 1.165) is 27.7 Å². The zero-order valence-corrected chi connectivity index (χ0v) is 8.48. The summed E-state index contributed by atoms with van der Waals surface area (Å²) < 4.78 is 0. The molecule has 0 spiro atoms. The molecule has 4 nitrogen and oxygen atoms in total. The first-order valence-corrected chi connectivity index (χ1v) is 5.41. The summed E-state index contributed by atoms with van der Waals surface area (Å²) in [6.07, 6.45) is 3.16. The first-order chi connectivity index (χ1) is 6.42. The molecule has 0 bridgehead atoms. The van der Waals surface area contributed by atoms with Gasteiger partial charge >= 0.3 is 0 Å². The van der Waals surface area contributed by atoms with Crippen LogP contribution in [0.15, 0.2) is 17.7 Å². The molecule has 13 heavy (non-hydrogen) atoms. The van der Waals surface area contributed by atoms with E-state index in [-0.39, 0.29) is 0 Å².